The van der Waals surface area contributed by atoms with Gasteiger partial charge in [-0.1, -0.05) is 23.7 Å². The molecule has 0 aliphatic heterocycles. The van der Waals surface area contributed by atoms with Gasteiger partial charge >= 0.3 is 6.18 Å². The van der Waals surface area contributed by atoms with Crippen molar-refractivity contribution in [3.63, 3.8) is 0 Å². The molecule has 142 valence electrons. The number of alkyl halides is 5. The third kappa shape index (κ3) is 4.35. The number of allylic oxidation sites excluding steroid dienone is 2. The largest absolute Gasteiger partial charge is 0.422 e. The predicted octanol–water partition coefficient (Wildman–Crippen LogP) is 4.76. The van der Waals surface area contributed by atoms with E-state index in [0.717, 1.165) is 0 Å². The molecular formula is C17H16ClF5N2O. The second kappa shape index (κ2) is 7.65. The van der Waals surface area contributed by atoms with E-state index in [1.54, 1.807) is 25.1 Å². The number of aromatic amines is 1. The molecule has 26 heavy (non-hydrogen) atoms. The molecule has 1 heterocycles. The van der Waals surface area contributed by atoms with Crippen molar-refractivity contribution < 1.29 is 22.0 Å². The molecule has 0 amide bonds. The van der Waals surface area contributed by atoms with Crippen molar-refractivity contribution in [2.75, 3.05) is 6.54 Å². The zero-order valence-corrected chi connectivity index (χ0v) is 14.6. The van der Waals surface area contributed by atoms with Crippen LogP contribution in [-0.4, -0.2) is 30.0 Å². The molecule has 0 radical (unpaired) electrons. The van der Waals surface area contributed by atoms with Gasteiger partial charge in [-0.3, -0.25) is 4.79 Å². The number of pyridine rings is 1. The van der Waals surface area contributed by atoms with E-state index in [0.29, 0.717) is 27.7 Å². The fourth-order valence-electron chi connectivity index (χ4n) is 2.48. The highest BCUT2D eigenvalue weighted by molar-refractivity contribution is 6.36. The average Bonchev–Trinajstić information content (AvgIpc) is 2.56. The summed E-state index contributed by atoms with van der Waals surface area (Å²) in [5.41, 5.74) is 1.64. The molecule has 1 aromatic heterocycles. The summed E-state index contributed by atoms with van der Waals surface area (Å²) < 4.78 is 63.0. The molecule has 1 aromatic carbocycles. The predicted molar refractivity (Wildman–Crippen MR) is 91.7 cm³/mol. The van der Waals surface area contributed by atoms with Crippen LogP contribution in [0.4, 0.5) is 22.0 Å². The van der Waals surface area contributed by atoms with E-state index in [4.69, 9.17) is 11.6 Å². The number of hydrogen-bond donors (Lipinski definition) is 2. The number of rotatable bonds is 5. The van der Waals surface area contributed by atoms with E-state index in [9.17, 15) is 26.7 Å². The fraction of sp³-hybridized carbons (Fsp3) is 0.353. The molecule has 2 N–H and O–H groups in total. The lowest BCUT2D eigenvalue weighted by molar-refractivity contribution is -0.195. The highest BCUT2D eigenvalue weighted by Crippen LogP contribution is 2.30. The van der Waals surface area contributed by atoms with Gasteiger partial charge in [0.2, 0.25) is 11.7 Å². The van der Waals surface area contributed by atoms with Gasteiger partial charge in [-0.15, -0.1) is 0 Å². The molecule has 0 aliphatic carbocycles. The second-order valence-corrected chi connectivity index (χ2v) is 6.21. The van der Waals surface area contributed by atoms with Crippen LogP contribution < -0.4 is 10.9 Å². The van der Waals surface area contributed by atoms with Crippen LogP contribution in [0.2, 0.25) is 5.02 Å². The van der Waals surface area contributed by atoms with Gasteiger partial charge in [-0.25, -0.2) is 8.78 Å². The van der Waals surface area contributed by atoms with Crippen LogP contribution in [0.15, 0.2) is 34.8 Å². The van der Waals surface area contributed by atoms with Crippen LogP contribution in [0.3, 0.4) is 0 Å². The van der Waals surface area contributed by atoms with Crippen molar-refractivity contribution >= 4 is 28.1 Å². The first-order valence-electron chi connectivity index (χ1n) is 7.60. The molecule has 0 aliphatic rings. The number of nitrogens with one attached hydrogen (secondary N) is 2. The minimum absolute atomic E-state index is 0.204. The Morgan fingerprint density at radius 1 is 1.27 bits per heavy atom. The van der Waals surface area contributed by atoms with Crippen LogP contribution in [-0.2, 0) is 0 Å². The molecule has 9 heteroatoms. The Morgan fingerprint density at radius 3 is 2.54 bits per heavy atom. The van der Waals surface area contributed by atoms with E-state index in [1.165, 1.54) is 13.0 Å². The maximum atomic E-state index is 13.4. The number of H-pyrrole nitrogens is 1. The van der Waals surface area contributed by atoms with E-state index >= 15 is 0 Å². The number of aromatic nitrogens is 1. The minimum Gasteiger partial charge on any atom is -0.385 e. The van der Waals surface area contributed by atoms with Gasteiger partial charge in [0, 0.05) is 23.7 Å². The summed E-state index contributed by atoms with van der Waals surface area (Å²) in [5, 5.41) is 3.23. The second-order valence-electron chi connectivity index (χ2n) is 5.80. The molecular weight excluding hydrogens is 379 g/mol. The summed E-state index contributed by atoms with van der Waals surface area (Å²) >= 11 is 6.14. The van der Waals surface area contributed by atoms with Crippen molar-refractivity contribution in [1.29, 1.82) is 0 Å². The van der Waals surface area contributed by atoms with Gasteiger partial charge < -0.3 is 10.3 Å². The van der Waals surface area contributed by atoms with E-state index in [-0.39, 0.29) is 10.6 Å². The summed E-state index contributed by atoms with van der Waals surface area (Å²) in [6.45, 7) is 2.35. The highest BCUT2D eigenvalue weighted by Gasteiger charge is 2.45. The summed E-state index contributed by atoms with van der Waals surface area (Å²) in [4.78, 5) is 14.1. The Kier molecular flexibility index (Phi) is 5.95. The van der Waals surface area contributed by atoms with Crippen molar-refractivity contribution in [3.05, 3.63) is 50.9 Å². The zero-order chi connectivity index (χ0) is 19.6. The molecule has 2 atom stereocenters. The molecule has 0 bridgehead atoms. The molecule has 2 aromatic rings. The third-order valence-electron chi connectivity index (χ3n) is 3.98. The van der Waals surface area contributed by atoms with Crippen LogP contribution in [0.5, 0.6) is 0 Å². The molecule has 0 fully saturated rings. The lowest BCUT2D eigenvalue weighted by Crippen LogP contribution is -2.39. The number of hydrogen-bond acceptors (Lipinski definition) is 2. The Morgan fingerprint density at radius 2 is 1.92 bits per heavy atom. The lowest BCUT2D eigenvalue weighted by Gasteiger charge is -2.19. The normalized spacial score (nSPS) is 15.5. The molecule has 2 unspecified atom stereocenters. The summed E-state index contributed by atoms with van der Waals surface area (Å²) in [6.07, 6.45) is -11.5. The quantitative estimate of drug-likeness (QED) is 0.718. The zero-order valence-electron chi connectivity index (χ0n) is 13.8. The summed E-state index contributed by atoms with van der Waals surface area (Å²) in [7, 11) is 0. The standard InChI is InChI=1S/C17H16ClF5N2O/c1-8(9(2)24-7-12(19)16(20)17(21,22)23)10-4-3-5-13-15(10)11(18)6-14(26)25-13/h3-6,12,16,24H,7H2,1-2H3,(H,25,26)/b9-8-. The van der Waals surface area contributed by atoms with Crippen LogP contribution >= 0.6 is 11.6 Å². The number of benzene rings is 1. The Hall–Kier alpha value is -2.09. The van der Waals surface area contributed by atoms with E-state index in [2.05, 4.69) is 10.3 Å². The lowest BCUT2D eigenvalue weighted by atomic mass is 10.00. The van der Waals surface area contributed by atoms with Gasteiger partial charge in [0.05, 0.1) is 10.5 Å². The maximum Gasteiger partial charge on any atom is 0.422 e. The van der Waals surface area contributed by atoms with Crippen molar-refractivity contribution in [3.8, 4) is 0 Å². The Bertz CT molecular complexity index is 891. The molecule has 0 saturated heterocycles. The Balaban J connectivity index is 2.31. The monoisotopic (exact) mass is 394 g/mol. The topological polar surface area (TPSA) is 44.9 Å². The van der Waals surface area contributed by atoms with Gasteiger partial charge in [0.15, 0.2) is 6.17 Å². The minimum atomic E-state index is -5.25. The van der Waals surface area contributed by atoms with Crippen molar-refractivity contribution in [1.82, 2.24) is 10.3 Å². The van der Waals surface area contributed by atoms with Gasteiger partial charge in [0.1, 0.15) is 0 Å². The van der Waals surface area contributed by atoms with Crippen LogP contribution in [0.1, 0.15) is 19.4 Å². The van der Waals surface area contributed by atoms with Crippen LogP contribution in [0.25, 0.3) is 16.5 Å². The van der Waals surface area contributed by atoms with Crippen LogP contribution in [0, 0.1) is 0 Å². The number of halogens is 6. The van der Waals surface area contributed by atoms with Gasteiger partial charge in [-0.2, -0.15) is 13.2 Å². The first-order chi connectivity index (χ1) is 12.0. The average molecular weight is 395 g/mol. The Labute approximate surface area is 150 Å². The smallest absolute Gasteiger partial charge is 0.385 e. The summed E-state index contributed by atoms with van der Waals surface area (Å²) in [6, 6.07) is 6.22. The molecule has 0 spiro atoms. The van der Waals surface area contributed by atoms with Gasteiger partial charge in [0.25, 0.3) is 0 Å². The number of fused-ring (bicyclic) bond motifs is 1. The van der Waals surface area contributed by atoms with Crippen molar-refractivity contribution in [2.24, 2.45) is 0 Å². The molecule has 0 saturated carbocycles. The van der Waals surface area contributed by atoms with Gasteiger partial charge in [-0.05, 0) is 31.1 Å². The molecule has 3 nitrogen and oxygen atoms in total. The first kappa shape index (κ1) is 20.2. The van der Waals surface area contributed by atoms with E-state index in [1.807, 2.05) is 0 Å². The maximum absolute atomic E-state index is 13.4. The summed E-state index contributed by atoms with van der Waals surface area (Å²) in [5.74, 6) is 0. The van der Waals surface area contributed by atoms with E-state index < -0.39 is 25.1 Å². The fourth-order valence-corrected chi connectivity index (χ4v) is 2.78. The SMILES string of the molecule is C/C(NCC(F)C(F)C(F)(F)F)=C(\C)c1cccc2[nH]c(=O)cc(Cl)c12. The van der Waals surface area contributed by atoms with Crippen molar-refractivity contribution in [2.45, 2.75) is 32.4 Å². The third-order valence-corrected chi connectivity index (χ3v) is 4.28. The highest BCUT2D eigenvalue weighted by atomic mass is 35.5. The first-order valence-corrected chi connectivity index (χ1v) is 7.98. The molecule has 2 rings (SSSR count).